The van der Waals surface area contributed by atoms with E-state index in [4.69, 9.17) is 16.3 Å². The van der Waals surface area contributed by atoms with Crippen LogP contribution in [0.3, 0.4) is 0 Å². The van der Waals surface area contributed by atoms with E-state index in [1.54, 1.807) is 28.9 Å². The van der Waals surface area contributed by atoms with Gasteiger partial charge in [0.1, 0.15) is 12.4 Å². The highest BCUT2D eigenvalue weighted by Crippen LogP contribution is 2.31. The molecule has 0 unspecified atom stereocenters. The van der Waals surface area contributed by atoms with Crippen molar-refractivity contribution in [2.75, 3.05) is 19.7 Å². The van der Waals surface area contributed by atoms with Crippen molar-refractivity contribution in [1.82, 2.24) is 24.5 Å². The first kappa shape index (κ1) is 21.2. The fourth-order valence-electron chi connectivity index (χ4n) is 3.88. The lowest BCUT2D eigenvalue weighted by Gasteiger charge is -2.15. The average Bonchev–Trinajstić information content (AvgIpc) is 3.41. The minimum atomic E-state index is 0.151. The van der Waals surface area contributed by atoms with Gasteiger partial charge in [0.15, 0.2) is 11.5 Å². The van der Waals surface area contributed by atoms with Crippen molar-refractivity contribution >= 4 is 23.2 Å². The van der Waals surface area contributed by atoms with Crippen molar-refractivity contribution in [3.63, 3.8) is 0 Å². The van der Waals surface area contributed by atoms with E-state index >= 15 is 0 Å². The molecule has 1 saturated heterocycles. The Hall–Kier alpha value is -3.65. The zero-order chi connectivity index (χ0) is 22.8. The molecule has 4 aromatic rings. The Morgan fingerprint density at radius 2 is 2.06 bits per heavy atom. The van der Waals surface area contributed by atoms with Gasteiger partial charge in [-0.15, -0.1) is 0 Å². The number of pyridine rings is 2. The fourth-order valence-corrected chi connectivity index (χ4v) is 4.11. The SMILES string of the molecule is O=C1CCCN1CCOc1ccc(Cc2nc3ccc(-c4cc(O)ccc4Cl)cn3n2)cn1. The summed E-state index contributed by atoms with van der Waals surface area (Å²) in [4.78, 5) is 22.4. The van der Waals surface area contributed by atoms with Gasteiger partial charge in [-0.2, -0.15) is 5.10 Å². The number of carbonyl (C=O) groups excluding carboxylic acids is 1. The number of carbonyl (C=O) groups is 1. The lowest BCUT2D eigenvalue weighted by molar-refractivity contribution is -0.128. The van der Waals surface area contributed by atoms with Gasteiger partial charge in [0.2, 0.25) is 11.8 Å². The number of aromatic hydroxyl groups is 1. The Morgan fingerprint density at radius 3 is 2.85 bits per heavy atom. The summed E-state index contributed by atoms with van der Waals surface area (Å²) in [6.07, 6.45) is 5.68. The van der Waals surface area contributed by atoms with Gasteiger partial charge in [-0.1, -0.05) is 17.7 Å². The monoisotopic (exact) mass is 463 g/mol. The molecule has 1 amide bonds. The minimum absolute atomic E-state index is 0.151. The summed E-state index contributed by atoms with van der Waals surface area (Å²) in [6.45, 7) is 1.82. The number of phenolic OH excluding ortho intramolecular Hbond substituents is 1. The van der Waals surface area contributed by atoms with Gasteiger partial charge < -0.3 is 14.7 Å². The Balaban J connectivity index is 1.24. The Kier molecular flexibility index (Phi) is 5.83. The molecule has 0 radical (unpaired) electrons. The molecule has 9 heteroatoms. The highest BCUT2D eigenvalue weighted by molar-refractivity contribution is 6.33. The second kappa shape index (κ2) is 9.07. The number of fused-ring (bicyclic) bond motifs is 1. The van der Waals surface area contributed by atoms with Crippen LogP contribution < -0.4 is 4.74 Å². The summed E-state index contributed by atoms with van der Waals surface area (Å²) >= 11 is 6.29. The molecule has 1 aliphatic rings. The summed E-state index contributed by atoms with van der Waals surface area (Å²) in [6, 6.07) is 12.4. The van der Waals surface area contributed by atoms with E-state index in [0.29, 0.717) is 42.7 Å². The quantitative estimate of drug-likeness (QED) is 0.449. The third-order valence-electron chi connectivity index (χ3n) is 5.58. The Labute approximate surface area is 195 Å². The minimum Gasteiger partial charge on any atom is -0.508 e. The predicted molar refractivity (Wildman–Crippen MR) is 123 cm³/mol. The molecular weight excluding hydrogens is 442 g/mol. The summed E-state index contributed by atoms with van der Waals surface area (Å²) in [5.41, 5.74) is 3.24. The summed E-state index contributed by atoms with van der Waals surface area (Å²) < 4.78 is 7.38. The number of nitrogens with zero attached hydrogens (tertiary/aromatic N) is 5. The summed E-state index contributed by atoms with van der Waals surface area (Å²) in [7, 11) is 0. The molecule has 1 aromatic carbocycles. The van der Waals surface area contributed by atoms with Gasteiger partial charge >= 0.3 is 0 Å². The molecule has 0 aliphatic carbocycles. The number of hydrogen-bond acceptors (Lipinski definition) is 6. The van der Waals surface area contributed by atoms with E-state index in [-0.39, 0.29) is 11.7 Å². The van der Waals surface area contributed by atoms with E-state index < -0.39 is 0 Å². The summed E-state index contributed by atoms with van der Waals surface area (Å²) in [5, 5.41) is 14.9. The largest absolute Gasteiger partial charge is 0.508 e. The predicted octanol–water partition coefficient (Wildman–Crippen LogP) is 3.74. The van der Waals surface area contributed by atoms with E-state index in [1.807, 2.05) is 35.4 Å². The molecule has 0 bridgehead atoms. The van der Waals surface area contributed by atoms with Crippen LogP contribution in [0.5, 0.6) is 11.6 Å². The molecule has 3 aromatic heterocycles. The Morgan fingerprint density at radius 1 is 1.15 bits per heavy atom. The van der Waals surface area contributed by atoms with Crippen LogP contribution in [0.15, 0.2) is 54.9 Å². The number of halogens is 1. The molecule has 8 nitrogen and oxygen atoms in total. The first-order valence-electron chi connectivity index (χ1n) is 10.7. The lowest BCUT2D eigenvalue weighted by Crippen LogP contribution is -2.29. The zero-order valence-corrected chi connectivity index (χ0v) is 18.6. The molecule has 4 heterocycles. The number of likely N-dealkylation sites (tertiary alicyclic amines) is 1. The maximum atomic E-state index is 11.6. The Bertz CT molecular complexity index is 1310. The fraction of sp³-hybridized carbons (Fsp3) is 0.250. The number of amides is 1. The first-order valence-corrected chi connectivity index (χ1v) is 11.1. The highest BCUT2D eigenvalue weighted by Gasteiger charge is 2.19. The molecule has 1 N–H and O–H groups in total. The second-order valence-electron chi connectivity index (χ2n) is 7.93. The topological polar surface area (TPSA) is 92.9 Å². The number of phenols is 1. The molecule has 5 rings (SSSR count). The second-order valence-corrected chi connectivity index (χ2v) is 8.33. The smallest absolute Gasteiger partial charge is 0.222 e. The molecular formula is C24H22ClN5O3. The van der Waals surface area contributed by atoms with Gasteiger partial charge in [-0.3, -0.25) is 4.79 Å². The van der Waals surface area contributed by atoms with Gasteiger partial charge in [0.05, 0.1) is 6.54 Å². The summed E-state index contributed by atoms with van der Waals surface area (Å²) in [5.74, 6) is 1.54. The molecule has 1 fully saturated rings. The van der Waals surface area contributed by atoms with Crippen molar-refractivity contribution in [3.8, 4) is 22.8 Å². The van der Waals surface area contributed by atoms with E-state index in [9.17, 15) is 9.90 Å². The van der Waals surface area contributed by atoms with Gasteiger partial charge in [-0.25, -0.2) is 14.5 Å². The number of rotatable bonds is 7. The van der Waals surface area contributed by atoms with Crippen LogP contribution in [-0.2, 0) is 11.2 Å². The molecule has 168 valence electrons. The number of benzene rings is 1. The molecule has 0 saturated carbocycles. The lowest BCUT2D eigenvalue weighted by atomic mass is 10.1. The van der Waals surface area contributed by atoms with Gasteiger partial charge in [0.25, 0.3) is 0 Å². The maximum Gasteiger partial charge on any atom is 0.222 e. The number of hydrogen-bond donors (Lipinski definition) is 1. The van der Waals surface area contributed by atoms with Crippen LogP contribution >= 0.6 is 11.6 Å². The third-order valence-corrected chi connectivity index (χ3v) is 5.91. The molecule has 0 atom stereocenters. The van der Waals surface area contributed by atoms with E-state index in [0.717, 1.165) is 35.3 Å². The number of ether oxygens (including phenoxy) is 1. The number of aromatic nitrogens is 4. The normalized spacial score (nSPS) is 13.7. The van der Waals surface area contributed by atoms with Crippen molar-refractivity contribution < 1.29 is 14.6 Å². The van der Waals surface area contributed by atoms with Crippen LogP contribution in [0.1, 0.15) is 24.2 Å². The van der Waals surface area contributed by atoms with Crippen LogP contribution in [0.4, 0.5) is 0 Å². The molecule has 0 spiro atoms. The van der Waals surface area contributed by atoms with Crippen LogP contribution in [0.25, 0.3) is 16.8 Å². The van der Waals surface area contributed by atoms with Crippen molar-refractivity contribution in [2.24, 2.45) is 0 Å². The van der Waals surface area contributed by atoms with Crippen molar-refractivity contribution in [1.29, 1.82) is 0 Å². The van der Waals surface area contributed by atoms with Crippen LogP contribution in [0.2, 0.25) is 5.02 Å². The van der Waals surface area contributed by atoms with Crippen LogP contribution in [-0.4, -0.2) is 55.2 Å². The molecule has 1 aliphatic heterocycles. The van der Waals surface area contributed by atoms with Crippen molar-refractivity contribution in [2.45, 2.75) is 19.3 Å². The first-order chi connectivity index (χ1) is 16.0. The van der Waals surface area contributed by atoms with E-state index in [2.05, 4.69) is 15.1 Å². The third kappa shape index (κ3) is 4.75. The van der Waals surface area contributed by atoms with Gasteiger partial charge in [-0.05, 0) is 42.3 Å². The maximum absolute atomic E-state index is 11.6. The molecule has 33 heavy (non-hydrogen) atoms. The van der Waals surface area contributed by atoms with Gasteiger partial charge in [0, 0.05) is 54.0 Å². The van der Waals surface area contributed by atoms with Crippen molar-refractivity contribution in [3.05, 3.63) is 71.3 Å². The zero-order valence-electron chi connectivity index (χ0n) is 17.8. The van der Waals surface area contributed by atoms with E-state index in [1.165, 1.54) is 0 Å². The average molecular weight is 464 g/mol. The highest BCUT2D eigenvalue weighted by atomic mass is 35.5. The standard InChI is InChI=1S/C24H22ClN5O3/c25-20-6-5-18(31)13-19(20)17-4-7-22-27-21(28-30(22)15-17)12-16-3-8-23(26-14-16)33-11-10-29-9-1-2-24(29)32/h3-8,13-15,31H,1-2,9-12H2. The van der Waals surface area contributed by atoms with Crippen LogP contribution in [0, 0.1) is 0 Å².